The summed E-state index contributed by atoms with van der Waals surface area (Å²) in [6, 6.07) is 0. The molecule has 70 valence electrons. The minimum Gasteiger partial charge on any atom is -0.347 e. The maximum Gasteiger partial charge on any atom is 0.170 e. The number of rotatable bonds is 1. The topological polar surface area (TPSA) is 18.5 Å². The average molecular weight is 191 g/mol. The van der Waals surface area contributed by atoms with Crippen LogP contribution in [0, 0.1) is 11.3 Å². The summed E-state index contributed by atoms with van der Waals surface area (Å²) >= 11 is 6.15. The van der Waals surface area contributed by atoms with Crippen LogP contribution in [0.4, 0.5) is 0 Å². The van der Waals surface area contributed by atoms with Crippen LogP contribution < -0.4 is 0 Å². The molecule has 1 aliphatic heterocycles. The fraction of sp³-hybridized carbons (Fsp3) is 1.00. The minimum atomic E-state index is -0.421. The first kappa shape index (κ1) is 8.79. The zero-order chi connectivity index (χ0) is 8.98. The highest BCUT2D eigenvalue weighted by molar-refractivity contribution is 6.23. The third-order valence-corrected chi connectivity index (χ3v) is 3.94. The average Bonchev–Trinajstić information content (AvgIpc) is 2.38. The molecular formula is C9H15ClO2. The Bertz CT molecular complexity index is 197. The van der Waals surface area contributed by atoms with Crippen molar-refractivity contribution in [1.29, 1.82) is 0 Å². The number of hydrogen-bond donors (Lipinski definition) is 0. The van der Waals surface area contributed by atoms with Gasteiger partial charge in [0.15, 0.2) is 5.79 Å². The molecule has 2 aliphatic rings. The SMILES string of the molecule is CC1([C@@H]2[C@H](Cl)C2(C)C)OCCO1. The van der Waals surface area contributed by atoms with Crippen LogP contribution in [-0.4, -0.2) is 24.4 Å². The second-order valence-corrected chi connectivity index (χ2v) is 4.88. The molecule has 1 heterocycles. The second kappa shape index (κ2) is 2.37. The van der Waals surface area contributed by atoms with Crippen molar-refractivity contribution in [2.75, 3.05) is 13.2 Å². The first-order chi connectivity index (χ1) is 5.48. The lowest BCUT2D eigenvalue weighted by Crippen LogP contribution is -2.31. The third kappa shape index (κ3) is 1.02. The van der Waals surface area contributed by atoms with Crippen LogP contribution in [0.1, 0.15) is 20.8 Å². The normalized spacial score (nSPS) is 43.0. The van der Waals surface area contributed by atoms with Gasteiger partial charge in [-0.2, -0.15) is 0 Å². The van der Waals surface area contributed by atoms with Crippen molar-refractivity contribution in [1.82, 2.24) is 0 Å². The molecule has 0 spiro atoms. The van der Waals surface area contributed by atoms with E-state index in [1.807, 2.05) is 6.92 Å². The molecule has 2 nitrogen and oxygen atoms in total. The van der Waals surface area contributed by atoms with Gasteiger partial charge in [-0.05, 0) is 12.3 Å². The highest BCUT2D eigenvalue weighted by atomic mass is 35.5. The number of hydrogen-bond acceptors (Lipinski definition) is 2. The van der Waals surface area contributed by atoms with Crippen molar-refractivity contribution in [2.45, 2.75) is 31.9 Å². The molecule has 2 fully saturated rings. The maximum absolute atomic E-state index is 6.15. The van der Waals surface area contributed by atoms with Crippen LogP contribution >= 0.6 is 11.6 Å². The quantitative estimate of drug-likeness (QED) is 0.589. The molecule has 0 aromatic heterocycles. The highest BCUT2D eigenvalue weighted by Gasteiger charge is 2.67. The second-order valence-electron chi connectivity index (χ2n) is 4.41. The fourth-order valence-electron chi connectivity index (χ4n) is 2.23. The van der Waals surface area contributed by atoms with Crippen LogP contribution in [0.2, 0.25) is 0 Å². The molecule has 0 unspecified atom stereocenters. The predicted octanol–water partition coefficient (Wildman–Crippen LogP) is 2.01. The van der Waals surface area contributed by atoms with E-state index >= 15 is 0 Å². The molecule has 0 amide bonds. The number of halogens is 1. The van der Waals surface area contributed by atoms with Gasteiger partial charge in [-0.25, -0.2) is 0 Å². The Morgan fingerprint density at radius 3 is 1.92 bits per heavy atom. The van der Waals surface area contributed by atoms with E-state index in [1.54, 1.807) is 0 Å². The van der Waals surface area contributed by atoms with Crippen molar-refractivity contribution < 1.29 is 9.47 Å². The van der Waals surface area contributed by atoms with E-state index in [0.717, 1.165) is 0 Å². The van der Waals surface area contributed by atoms with Crippen LogP contribution in [0.5, 0.6) is 0 Å². The molecule has 2 rings (SSSR count). The minimum absolute atomic E-state index is 0.167. The first-order valence-electron chi connectivity index (χ1n) is 4.40. The van der Waals surface area contributed by atoms with Gasteiger partial charge < -0.3 is 9.47 Å². The van der Waals surface area contributed by atoms with Crippen molar-refractivity contribution in [3.8, 4) is 0 Å². The smallest absolute Gasteiger partial charge is 0.170 e. The molecule has 12 heavy (non-hydrogen) atoms. The lowest BCUT2D eigenvalue weighted by atomic mass is 10.0. The van der Waals surface area contributed by atoms with Crippen molar-refractivity contribution in [2.24, 2.45) is 11.3 Å². The van der Waals surface area contributed by atoms with Crippen LogP contribution in [0.15, 0.2) is 0 Å². The van der Waals surface area contributed by atoms with Crippen molar-refractivity contribution in [3.05, 3.63) is 0 Å². The molecule has 0 aromatic carbocycles. The third-order valence-electron chi connectivity index (χ3n) is 3.12. The molecule has 2 atom stereocenters. The zero-order valence-electron chi connectivity index (χ0n) is 7.76. The van der Waals surface area contributed by atoms with Crippen LogP contribution in [0.3, 0.4) is 0 Å². The lowest BCUT2D eigenvalue weighted by Gasteiger charge is -2.23. The number of alkyl halides is 1. The summed E-state index contributed by atoms with van der Waals surface area (Å²) in [6.07, 6.45) is 0. The Hall–Kier alpha value is 0.210. The van der Waals surface area contributed by atoms with E-state index in [2.05, 4.69) is 13.8 Å². The standard InChI is InChI=1S/C9H15ClO2/c1-8(2)6(7(8)10)9(3)11-4-5-12-9/h6-7H,4-5H2,1-3H3/t6-,7+/m1/s1. The summed E-state index contributed by atoms with van der Waals surface area (Å²) in [5, 5.41) is 0.195. The maximum atomic E-state index is 6.15. The zero-order valence-corrected chi connectivity index (χ0v) is 8.52. The Morgan fingerprint density at radius 2 is 1.58 bits per heavy atom. The van der Waals surface area contributed by atoms with E-state index in [4.69, 9.17) is 21.1 Å². The van der Waals surface area contributed by atoms with Crippen LogP contribution in [-0.2, 0) is 9.47 Å². The summed E-state index contributed by atoms with van der Waals surface area (Å²) in [5.74, 6) is -0.0789. The van der Waals surface area contributed by atoms with Crippen molar-refractivity contribution >= 4 is 11.6 Å². The van der Waals surface area contributed by atoms with Gasteiger partial charge in [0, 0.05) is 11.3 Å². The summed E-state index contributed by atoms with van der Waals surface area (Å²) in [6.45, 7) is 7.71. The van der Waals surface area contributed by atoms with Gasteiger partial charge in [0.1, 0.15) is 0 Å². The van der Waals surface area contributed by atoms with Gasteiger partial charge >= 0.3 is 0 Å². The molecule has 1 aliphatic carbocycles. The molecule has 1 saturated carbocycles. The largest absolute Gasteiger partial charge is 0.347 e. The molecular weight excluding hydrogens is 176 g/mol. The molecule has 0 N–H and O–H groups in total. The summed E-state index contributed by atoms with van der Waals surface area (Å²) < 4.78 is 11.1. The Labute approximate surface area is 78.2 Å². The van der Waals surface area contributed by atoms with Gasteiger partial charge in [0.25, 0.3) is 0 Å². The number of ether oxygens (including phenoxy) is 2. The van der Waals surface area contributed by atoms with Gasteiger partial charge in [-0.15, -0.1) is 11.6 Å². The van der Waals surface area contributed by atoms with E-state index in [1.165, 1.54) is 0 Å². The van der Waals surface area contributed by atoms with Gasteiger partial charge in [-0.1, -0.05) is 13.8 Å². The highest BCUT2D eigenvalue weighted by Crippen LogP contribution is 2.62. The van der Waals surface area contributed by atoms with E-state index in [0.29, 0.717) is 19.1 Å². The molecule has 3 heteroatoms. The van der Waals surface area contributed by atoms with E-state index < -0.39 is 5.79 Å². The molecule has 1 saturated heterocycles. The van der Waals surface area contributed by atoms with Crippen molar-refractivity contribution in [3.63, 3.8) is 0 Å². The molecule has 0 radical (unpaired) electrons. The predicted molar refractivity (Wildman–Crippen MR) is 47.2 cm³/mol. The van der Waals surface area contributed by atoms with Gasteiger partial charge in [0.2, 0.25) is 0 Å². The van der Waals surface area contributed by atoms with Gasteiger partial charge in [-0.3, -0.25) is 0 Å². The Balaban J connectivity index is 2.11. The van der Waals surface area contributed by atoms with Gasteiger partial charge in [0.05, 0.1) is 13.2 Å². The van der Waals surface area contributed by atoms with Crippen LogP contribution in [0.25, 0.3) is 0 Å². The van der Waals surface area contributed by atoms with E-state index in [-0.39, 0.29) is 10.8 Å². The lowest BCUT2D eigenvalue weighted by molar-refractivity contribution is -0.163. The summed E-state index contributed by atoms with van der Waals surface area (Å²) in [7, 11) is 0. The Kier molecular flexibility index (Phi) is 1.74. The first-order valence-corrected chi connectivity index (χ1v) is 4.84. The summed E-state index contributed by atoms with van der Waals surface area (Å²) in [4.78, 5) is 0. The monoisotopic (exact) mass is 190 g/mol. The molecule has 0 bridgehead atoms. The molecule has 0 aromatic rings. The Morgan fingerprint density at radius 1 is 1.17 bits per heavy atom. The summed E-state index contributed by atoms with van der Waals surface area (Å²) in [5.41, 5.74) is 0.167. The van der Waals surface area contributed by atoms with E-state index in [9.17, 15) is 0 Å². The fourth-order valence-corrected chi connectivity index (χ4v) is 2.84.